The lowest BCUT2D eigenvalue weighted by Crippen LogP contribution is -2.33. The molecule has 0 unspecified atom stereocenters. The molecular weight excluding hydrogens is 236 g/mol. The van der Waals surface area contributed by atoms with Crippen LogP contribution < -0.4 is 11.1 Å². The molecule has 0 spiro atoms. The van der Waals surface area contributed by atoms with Crippen molar-refractivity contribution in [3.05, 3.63) is 22.7 Å². The second-order valence-electron chi connectivity index (χ2n) is 4.73. The van der Waals surface area contributed by atoms with E-state index in [4.69, 9.17) is 22.1 Å². The molecule has 0 atom stereocenters. The maximum absolute atomic E-state index is 6.00. The Bertz CT molecular complexity index is 391. The van der Waals surface area contributed by atoms with E-state index in [2.05, 4.69) is 19.2 Å². The number of benzene rings is 1. The summed E-state index contributed by atoms with van der Waals surface area (Å²) in [5.74, 6) is 0. The molecule has 0 saturated heterocycles. The number of rotatable bonds is 5. The summed E-state index contributed by atoms with van der Waals surface area (Å²) < 4.78 is 5.62. The molecule has 96 valence electrons. The Morgan fingerprint density at radius 3 is 2.65 bits per heavy atom. The van der Waals surface area contributed by atoms with E-state index in [0.29, 0.717) is 17.3 Å². The van der Waals surface area contributed by atoms with Crippen LogP contribution in [0, 0.1) is 6.92 Å². The maximum Gasteiger partial charge on any atom is 0.0797 e. The van der Waals surface area contributed by atoms with Crippen molar-refractivity contribution < 1.29 is 4.74 Å². The van der Waals surface area contributed by atoms with Crippen LogP contribution in [0.5, 0.6) is 0 Å². The van der Waals surface area contributed by atoms with Gasteiger partial charge in [-0.15, -0.1) is 0 Å². The Morgan fingerprint density at radius 2 is 2.06 bits per heavy atom. The molecule has 0 heterocycles. The quantitative estimate of drug-likeness (QED) is 0.794. The number of hydrogen-bond acceptors (Lipinski definition) is 3. The third kappa shape index (κ3) is 4.10. The van der Waals surface area contributed by atoms with Crippen molar-refractivity contribution in [2.45, 2.75) is 33.3 Å². The Kier molecular flexibility index (Phi) is 4.66. The lowest BCUT2D eigenvalue weighted by Gasteiger charge is -2.26. The Balaban J connectivity index is 2.73. The average molecular weight is 257 g/mol. The average Bonchev–Trinajstić information content (AvgIpc) is 2.21. The molecule has 0 saturated carbocycles. The van der Waals surface area contributed by atoms with Gasteiger partial charge >= 0.3 is 0 Å². The summed E-state index contributed by atoms with van der Waals surface area (Å²) in [6, 6.07) is 3.73. The van der Waals surface area contributed by atoms with Gasteiger partial charge in [-0.05, 0) is 45.4 Å². The standard InChI is InChI=1S/C13H21ClN2O/c1-5-17-13(3,4)8-16-12-7-10(14)11(15)6-9(12)2/h6-7,16H,5,8,15H2,1-4H3. The van der Waals surface area contributed by atoms with Crippen LogP contribution in [0.15, 0.2) is 12.1 Å². The normalized spacial score (nSPS) is 11.6. The van der Waals surface area contributed by atoms with Gasteiger partial charge in [-0.3, -0.25) is 0 Å². The third-order valence-electron chi connectivity index (χ3n) is 2.58. The number of nitrogens with two attached hydrogens (primary N) is 1. The van der Waals surface area contributed by atoms with E-state index in [1.807, 2.05) is 26.0 Å². The topological polar surface area (TPSA) is 47.3 Å². The van der Waals surface area contributed by atoms with E-state index in [1.165, 1.54) is 0 Å². The van der Waals surface area contributed by atoms with Gasteiger partial charge in [-0.2, -0.15) is 0 Å². The van der Waals surface area contributed by atoms with Crippen LogP contribution in [0.1, 0.15) is 26.3 Å². The lowest BCUT2D eigenvalue weighted by atomic mass is 10.1. The Labute approximate surface area is 108 Å². The predicted octanol–water partition coefficient (Wildman–Crippen LogP) is 3.46. The molecule has 1 rings (SSSR count). The van der Waals surface area contributed by atoms with Crippen molar-refractivity contribution in [1.82, 2.24) is 0 Å². The molecule has 0 aliphatic heterocycles. The van der Waals surface area contributed by atoms with Crippen LogP contribution in [0.3, 0.4) is 0 Å². The fourth-order valence-electron chi connectivity index (χ4n) is 1.64. The van der Waals surface area contributed by atoms with Crippen molar-refractivity contribution in [3.63, 3.8) is 0 Å². The van der Waals surface area contributed by atoms with E-state index in [0.717, 1.165) is 17.8 Å². The first-order valence-electron chi connectivity index (χ1n) is 5.79. The summed E-state index contributed by atoms with van der Waals surface area (Å²) >= 11 is 6.00. The molecular formula is C13H21ClN2O. The first-order chi connectivity index (χ1) is 7.85. The number of nitrogens with one attached hydrogen (secondary N) is 1. The highest BCUT2D eigenvalue weighted by atomic mass is 35.5. The maximum atomic E-state index is 6.00. The molecule has 1 aromatic rings. The van der Waals surface area contributed by atoms with Crippen LogP contribution in [-0.2, 0) is 4.74 Å². The predicted molar refractivity (Wildman–Crippen MR) is 74.8 cm³/mol. The Hall–Kier alpha value is -0.930. The van der Waals surface area contributed by atoms with Gasteiger partial charge in [0.2, 0.25) is 0 Å². The van der Waals surface area contributed by atoms with E-state index in [9.17, 15) is 0 Å². The number of anilines is 2. The zero-order valence-corrected chi connectivity index (χ0v) is 11.7. The first-order valence-corrected chi connectivity index (χ1v) is 6.17. The van der Waals surface area contributed by atoms with Crippen LogP contribution in [-0.4, -0.2) is 18.8 Å². The van der Waals surface area contributed by atoms with Crippen LogP contribution in [0.4, 0.5) is 11.4 Å². The molecule has 0 aromatic heterocycles. The van der Waals surface area contributed by atoms with Gasteiger partial charge in [-0.1, -0.05) is 11.6 Å². The van der Waals surface area contributed by atoms with Crippen LogP contribution in [0.2, 0.25) is 5.02 Å². The van der Waals surface area contributed by atoms with Gasteiger partial charge in [0.15, 0.2) is 0 Å². The molecule has 1 aromatic carbocycles. The minimum atomic E-state index is -0.199. The summed E-state index contributed by atoms with van der Waals surface area (Å²) in [5, 5.41) is 3.92. The fourth-order valence-corrected chi connectivity index (χ4v) is 1.81. The van der Waals surface area contributed by atoms with Gasteiger partial charge < -0.3 is 15.8 Å². The van der Waals surface area contributed by atoms with Crippen LogP contribution >= 0.6 is 11.6 Å². The monoisotopic (exact) mass is 256 g/mol. The van der Waals surface area contributed by atoms with E-state index in [1.54, 1.807) is 0 Å². The molecule has 17 heavy (non-hydrogen) atoms. The summed E-state index contributed by atoms with van der Waals surface area (Å²) in [5.41, 5.74) is 8.23. The second kappa shape index (κ2) is 5.61. The smallest absolute Gasteiger partial charge is 0.0797 e. The van der Waals surface area contributed by atoms with Gasteiger partial charge in [0.1, 0.15) is 0 Å². The van der Waals surface area contributed by atoms with Crippen molar-refractivity contribution >= 4 is 23.0 Å². The number of aryl methyl sites for hydroxylation is 1. The van der Waals surface area contributed by atoms with E-state index >= 15 is 0 Å². The van der Waals surface area contributed by atoms with Crippen molar-refractivity contribution in [3.8, 4) is 0 Å². The Morgan fingerprint density at radius 1 is 1.41 bits per heavy atom. The summed E-state index contributed by atoms with van der Waals surface area (Å²) in [6.45, 7) is 9.53. The lowest BCUT2D eigenvalue weighted by molar-refractivity contribution is 0.000694. The summed E-state index contributed by atoms with van der Waals surface area (Å²) in [6.07, 6.45) is 0. The highest BCUT2D eigenvalue weighted by molar-refractivity contribution is 6.33. The van der Waals surface area contributed by atoms with Crippen molar-refractivity contribution in [1.29, 1.82) is 0 Å². The SMILES string of the molecule is CCOC(C)(C)CNc1cc(Cl)c(N)cc1C. The molecule has 0 aliphatic rings. The number of hydrogen-bond donors (Lipinski definition) is 2. The third-order valence-corrected chi connectivity index (χ3v) is 2.91. The molecule has 4 heteroatoms. The fraction of sp³-hybridized carbons (Fsp3) is 0.538. The molecule has 0 fully saturated rings. The minimum Gasteiger partial charge on any atom is -0.398 e. The first kappa shape index (κ1) is 14.1. The zero-order chi connectivity index (χ0) is 13.1. The second-order valence-corrected chi connectivity index (χ2v) is 5.14. The van der Waals surface area contributed by atoms with Gasteiger partial charge in [-0.25, -0.2) is 0 Å². The molecule has 0 radical (unpaired) electrons. The van der Waals surface area contributed by atoms with Crippen molar-refractivity contribution in [2.75, 3.05) is 24.2 Å². The van der Waals surface area contributed by atoms with E-state index in [-0.39, 0.29) is 5.60 Å². The van der Waals surface area contributed by atoms with E-state index < -0.39 is 0 Å². The van der Waals surface area contributed by atoms with Gasteiger partial charge in [0, 0.05) is 18.8 Å². The summed E-state index contributed by atoms with van der Waals surface area (Å²) in [4.78, 5) is 0. The van der Waals surface area contributed by atoms with Gasteiger partial charge in [0.05, 0.1) is 16.3 Å². The zero-order valence-electron chi connectivity index (χ0n) is 10.9. The molecule has 0 amide bonds. The summed E-state index contributed by atoms with van der Waals surface area (Å²) in [7, 11) is 0. The minimum absolute atomic E-state index is 0.199. The largest absolute Gasteiger partial charge is 0.398 e. The number of ether oxygens (including phenoxy) is 1. The number of halogens is 1. The highest BCUT2D eigenvalue weighted by Gasteiger charge is 2.17. The molecule has 3 N–H and O–H groups in total. The van der Waals surface area contributed by atoms with Crippen LogP contribution in [0.25, 0.3) is 0 Å². The van der Waals surface area contributed by atoms with Crippen molar-refractivity contribution in [2.24, 2.45) is 0 Å². The molecule has 0 bridgehead atoms. The highest BCUT2D eigenvalue weighted by Crippen LogP contribution is 2.27. The number of nitrogen functional groups attached to an aromatic ring is 1. The molecule has 3 nitrogen and oxygen atoms in total. The van der Waals surface area contributed by atoms with Gasteiger partial charge in [0.25, 0.3) is 0 Å². The molecule has 0 aliphatic carbocycles.